The first-order chi connectivity index (χ1) is 15.0. The molecule has 1 N–H and O–H groups in total. The second-order valence-electron chi connectivity index (χ2n) is 7.54. The van der Waals surface area contributed by atoms with Crippen LogP contribution >= 0.6 is 0 Å². The summed E-state index contributed by atoms with van der Waals surface area (Å²) < 4.78 is 11.2. The van der Waals surface area contributed by atoms with Crippen molar-refractivity contribution in [3.05, 3.63) is 95.5 Å². The van der Waals surface area contributed by atoms with E-state index in [0.29, 0.717) is 22.8 Å². The molecule has 1 amide bonds. The Bertz CT molecular complexity index is 1270. The highest BCUT2D eigenvalue weighted by Crippen LogP contribution is 2.20. The standard InChI is InChI=1S/C26H24N2O3/c1-17(2)18-8-10-21(11-9-18)28-26-23(16-19-6-4-5-7-24(19)31-26)25(29)27-20-12-14-22(30-3)15-13-20/h4-17H,1-3H3,(H,27,29). The van der Waals surface area contributed by atoms with Crippen molar-refractivity contribution in [1.82, 2.24) is 0 Å². The minimum absolute atomic E-state index is 0.266. The molecule has 0 aliphatic heterocycles. The number of hydrogen-bond acceptors (Lipinski definition) is 4. The number of hydrogen-bond donors (Lipinski definition) is 1. The summed E-state index contributed by atoms with van der Waals surface area (Å²) in [5.74, 6) is 0.863. The summed E-state index contributed by atoms with van der Waals surface area (Å²) in [5, 5.41) is 3.74. The lowest BCUT2D eigenvalue weighted by atomic mass is 10.0. The van der Waals surface area contributed by atoms with Crippen LogP contribution in [0.4, 0.5) is 11.4 Å². The Morgan fingerprint density at radius 2 is 1.68 bits per heavy atom. The van der Waals surface area contributed by atoms with Gasteiger partial charge in [-0.1, -0.05) is 44.2 Å². The fourth-order valence-corrected chi connectivity index (χ4v) is 3.24. The maximum atomic E-state index is 13.1. The molecule has 3 aromatic carbocycles. The Labute approximate surface area is 181 Å². The van der Waals surface area contributed by atoms with Gasteiger partial charge in [-0.3, -0.25) is 4.79 Å². The monoisotopic (exact) mass is 412 g/mol. The van der Waals surface area contributed by atoms with E-state index in [-0.39, 0.29) is 11.5 Å². The molecule has 5 heteroatoms. The van der Waals surface area contributed by atoms with Gasteiger partial charge in [-0.15, -0.1) is 0 Å². The molecule has 0 fully saturated rings. The molecule has 0 aliphatic carbocycles. The van der Waals surface area contributed by atoms with Crippen molar-refractivity contribution >= 4 is 28.3 Å². The van der Waals surface area contributed by atoms with Gasteiger partial charge in [0.05, 0.1) is 12.8 Å². The molecule has 0 unspecified atom stereocenters. The number of rotatable bonds is 5. The highest BCUT2D eigenvalue weighted by molar-refractivity contribution is 6.05. The smallest absolute Gasteiger partial charge is 0.261 e. The summed E-state index contributed by atoms with van der Waals surface area (Å²) in [6.07, 6.45) is 0. The molecule has 1 aromatic heterocycles. The number of amides is 1. The van der Waals surface area contributed by atoms with E-state index >= 15 is 0 Å². The fraction of sp³-hybridized carbons (Fsp3) is 0.154. The van der Waals surface area contributed by atoms with E-state index in [4.69, 9.17) is 9.15 Å². The van der Waals surface area contributed by atoms with Crippen LogP contribution < -0.4 is 15.6 Å². The van der Waals surface area contributed by atoms with Gasteiger partial charge in [0.25, 0.3) is 5.91 Å². The summed E-state index contributed by atoms with van der Waals surface area (Å²) in [6.45, 7) is 4.29. The summed E-state index contributed by atoms with van der Waals surface area (Å²) in [6, 6.07) is 24.5. The summed E-state index contributed by atoms with van der Waals surface area (Å²) >= 11 is 0. The van der Waals surface area contributed by atoms with Gasteiger partial charge < -0.3 is 14.5 Å². The Morgan fingerprint density at radius 3 is 2.35 bits per heavy atom. The van der Waals surface area contributed by atoms with Gasteiger partial charge >= 0.3 is 0 Å². The number of benzene rings is 3. The Kier molecular flexibility index (Phi) is 5.85. The number of nitrogens with one attached hydrogen (secondary N) is 1. The zero-order chi connectivity index (χ0) is 21.8. The van der Waals surface area contributed by atoms with Crippen LogP contribution in [0.5, 0.6) is 5.75 Å². The van der Waals surface area contributed by atoms with Crippen LogP contribution in [0.2, 0.25) is 0 Å². The third kappa shape index (κ3) is 4.67. The lowest BCUT2D eigenvalue weighted by Crippen LogP contribution is -2.21. The van der Waals surface area contributed by atoms with Gasteiger partial charge in [0, 0.05) is 11.1 Å². The van der Waals surface area contributed by atoms with Crippen molar-refractivity contribution in [2.75, 3.05) is 12.4 Å². The van der Waals surface area contributed by atoms with E-state index in [1.54, 1.807) is 37.4 Å². The average Bonchev–Trinajstić information content (AvgIpc) is 2.79. The molecular weight excluding hydrogens is 388 g/mol. The van der Waals surface area contributed by atoms with Crippen molar-refractivity contribution in [1.29, 1.82) is 0 Å². The number of ether oxygens (including phenoxy) is 1. The van der Waals surface area contributed by atoms with Crippen LogP contribution in [-0.2, 0) is 0 Å². The molecule has 31 heavy (non-hydrogen) atoms. The molecule has 0 saturated carbocycles. The van der Waals surface area contributed by atoms with Gasteiger partial charge in [-0.25, -0.2) is 4.99 Å². The summed E-state index contributed by atoms with van der Waals surface area (Å²) in [7, 11) is 1.60. The van der Waals surface area contributed by atoms with Crippen LogP contribution in [-0.4, -0.2) is 13.0 Å². The second-order valence-corrected chi connectivity index (χ2v) is 7.54. The van der Waals surface area contributed by atoms with Crippen molar-refractivity contribution in [3.8, 4) is 5.75 Å². The first-order valence-electron chi connectivity index (χ1n) is 10.2. The first-order valence-corrected chi connectivity index (χ1v) is 10.2. The average molecular weight is 412 g/mol. The molecule has 0 aliphatic rings. The molecule has 0 spiro atoms. The topological polar surface area (TPSA) is 63.8 Å². The second kappa shape index (κ2) is 8.88. The number of methoxy groups -OCH3 is 1. The maximum Gasteiger partial charge on any atom is 0.261 e. The van der Waals surface area contributed by atoms with Crippen LogP contribution in [0.15, 0.2) is 88.3 Å². The number of anilines is 1. The predicted molar refractivity (Wildman–Crippen MR) is 123 cm³/mol. The number of para-hydroxylation sites is 1. The minimum atomic E-state index is -0.294. The maximum absolute atomic E-state index is 13.1. The number of carbonyl (C=O) groups excluding carboxylic acids is 1. The van der Waals surface area contributed by atoms with Gasteiger partial charge in [-0.05, 0) is 60.0 Å². The van der Waals surface area contributed by atoms with E-state index in [0.717, 1.165) is 16.8 Å². The molecule has 0 atom stereocenters. The van der Waals surface area contributed by atoms with Gasteiger partial charge in [0.2, 0.25) is 5.55 Å². The lowest BCUT2D eigenvalue weighted by Gasteiger charge is -2.08. The first kappa shape index (κ1) is 20.4. The molecular formula is C26H24N2O3. The van der Waals surface area contributed by atoms with Crippen LogP contribution in [0.1, 0.15) is 35.7 Å². The third-order valence-electron chi connectivity index (χ3n) is 5.04. The Hall–Kier alpha value is -3.86. The molecule has 0 saturated heterocycles. The van der Waals surface area contributed by atoms with Crippen molar-refractivity contribution < 1.29 is 13.9 Å². The van der Waals surface area contributed by atoms with E-state index in [2.05, 4.69) is 24.2 Å². The largest absolute Gasteiger partial charge is 0.497 e. The molecule has 5 nitrogen and oxygen atoms in total. The predicted octanol–water partition coefficient (Wildman–Crippen LogP) is 6.05. The highest BCUT2D eigenvalue weighted by Gasteiger charge is 2.13. The zero-order valence-electron chi connectivity index (χ0n) is 17.8. The van der Waals surface area contributed by atoms with E-state index < -0.39 is 0 Å². The molecule has 156 valence electrons. The normalized spacial score (nSPS) is 11.7. The lowest BCUT2D eigenvalue weighted by molar-refractivity contribution is 0.102. The zero-order valence-corrected chi connectivity index (χ0v) is 17.8. The SMILES string of the molecule is COc1ccc(NC(=O)c2cc3ccccc3oc2=Nc2ccc(C(C)C)cc2)cc1. The minimum Gasteiger partial charge on any atom is -0.497 e. The molecule has 0 bridgehead atoms. The van der Waals surface area contributed by atoms with E-state index in [1.165, 1.54) is 5.56 Å². The fourth-order valence-electron chi connectivity index (χ4n) is 3.24. The van der Waals surface area contributed by atoms with Crippen LogP contribution in [0, 0.1) is 0 Å². The van der Waals surface area contributed by atoms with Gasteiger partial charge in [-0.2, -0.15) is 0 Å². The number of fused-ring (bicyclic) bond motifs is 1. The van der Waals surface area contributed by atoms with Crippen molar-refractivity contribution in [3.63, 3.8) is 0 Å². The Morgan fingerprint density at radius 1 is 0.968 bits per heavy atom. The quantitative estimate of drug-likeness (QED) is 0.434. The van der Waals surface area contributed by atoms with Gasteiger partial charge in [0.1, 0.15) is 16.9 Å². The number of nitrogens with zero attached hydrogens (tertiary/aromatic N) is 1. The summed E-state index contributed by atoms with van der Waals surface area (Å²) in [4.78, 5) is 17.7. The molecule has 0 radical (unpaired) electrons. The van der Waals surface area contributed by atoms with Crippen molar-refractivity contribution in [2.24, 2.45) is 4.99 Å². The number of carbonyl (C=O) groups is 1. The third-order valence-corrected chi connectivity index (χ3v) is 5.04. The molecule has 1 heterocycles. The van der Waals surface area contributed by atoms with Crippen LogP contribution in [0.25, 0.3) is 11.0 Å². The Balaban J connectivity index is 1.76. The van der Waals surface area contributed by atoms with E-state index in [9.17, 15) is 4.79 Å². The van der Waals surface area contributed by atoms with Gasteiger partial charge in [0.15, 0.2) is 0 Å². The molecule has 4 aromatic rings. The highest BCUT2D eigenvalue weighted by atomic mass is 16.5. The molecule has 4 rings (SSSR count). The van der Waals surface area contributed by atoms with Crippen molar-refractivity contribution in [2.45, 2.75) is 19.8 Å². The summed E-state index contributed by atoms with van der Waals surface area (Å²) in [5.41, 5.74) is 3.91. The van der Waals surface area contributed by atoms with E-state index in [1.807, 2.05) is 48.5 Å². The van der Waals surface area contributed by atoms with Crippen LogP contribution in [0.3, 0.4) is 0 Å².